The summed E-state index contributed by atoms with van der Waals surface area (Å²) in [6, 6.07) is 6.21. The van der Waals surface area contributed by atoms with Crippen molar-refractivity contribution >= 4 is 38.4 Å². The smallest absolute Gasteiger partial charge is 0.163 e. The molecule has 1 fully saturated rings. The van der Waals surface area contributed by atoms with Crippen LogP contribution in [0.1, 0.15) is 11.8 Å². The Hall–Kier alpha value is -3.34. The summed E-state index contributed by atoms with van der Waals surface area (Å²) >= 11 is 1.67. The van der Waals surface area contributed by atoms with Crippen LogP contribution in [0.2, 0.25) is 0 Å². The van der Waals surface area contributed by atoms with Crippen LogP contribution in [0.15, 0.2) is 36.8 Å². The second-order valence-corrected chi connectivity index (χ2v) is 9.31. The van der Waals surface area contributed by atoms with Gasteiger partial charge in [0.25, 0.3) is 0 Å². The summed E-state index contributed by atoms with van der Waals surface area (Å²) in [5.41, 5.74) is 10.9. The first kappa shape index (κ1) is 20.3. The molecule has 3 N–H and O–H groups in total. The minimum Gasteiger partial charge on any atom is -0.377 e. The molecule has 0 amide bonds. The maximum absolute atomic E-state index is 6.22. The molecule has 0 radical (unpaired) electrons. The number of H-pyrrole nitrogens is 1. The number of hydrogen-bond acceptors (Lipinski definition) is 8. The van der Waals surface area contributed by atoms with Crippen molar-refractivity contribution in [2.24, 2.45) is 12.8 Å². The number of nitrogens with two attached hydrogens (primary N) is 1. The molecule has 5 aromatic rings. The minimum absolute atomic E-state index is 0.206. The van der Waals surface area contributed by atoms with E-state index in [1.54, 1.807) is 23.7 Å². The molecular formula is C23H24N8OS. The molecule has 9 nitrogen and oxygen atoms in total. The summed E-state index contributed by atoms with van der Waals surface area (Å²) < 4.78 is 8.62. The summed E-state index contributed by atoms with van der Waals surface area (Å²) in [7, 11) is 1.94. The summed E-state index contributed by atoms with van der Waals surface area (Å²) in [6.45, 7) is 4.71. The van der Waals surface area contributed by atoms with E-state index in [0.717, 1.165) is 55.3 Å². The van der Waals surface area contributed by atoms with Crippen LogP contribution in [0.3, 0.4) is 0 Å². The van der Waals surface area contributed by atoms with E-state index in [9.17, 15) is 0 Å². The maximum Gasteiger partial charge on any atom is 0.163 e. The van der Waals surface area contributed by atoms with E-state index < -0.39 is 0 Å². The van der Waals surface area contributed by atoms with Crippen LogP contribution in [-0.2, 0) is 18.3 Å². The second-order valence-electron chi connectivity index (χ2n) is 8.21. The predicted octanol–water partition coefficient (Wildman–Crippen LogP) is 3.32. The molecule has 168 valence electrons. The summed E-state index contributed by atoms with van der Waals surface area (Å²) in [5, 5.41) is 5.39. The number of morpholine rings is 1. The molecule has 0 saturated carbocycles. The minimum atomic E-state index is 0.206. The van der Waals surface area contributed by atoms with Crippen molar-refractivity contribution in [2.75, 3.05) is 24.7 Å². The van der Waals surface area contributed by atoms with Crippen LogP contribution in [-0.4, -0.2) is 55.5 Å². The van der Waals surface area contributed by atoms with Crippen LogP contribution in [0.4, 0.5) is 5.82 Å². The molecule has 33 heavy (non-hydrogen) atoms. The first-order valence-electron chi connectivity index (χ1n) is 10.9. The highest BCUT2D eigenvalue weighted by molar-refractivity contribution is 7.20. The van der Waals surface area contributed by atoms with E-state index in [-0.39, 0.29) is 6.04 Å². The fraction of sp³-hybridized carbons (Fsp3) is 0.304. The number of aryl methyl sites for hydroxylation is 1. The number of nitrogens with one attached hydrogen (secondary N) is 1. The highest BCUT2D eigenvalue weighted by atomic mass is 32.1. The molecule has 1 saturated heterocycles. The van der Waals surface area contributed by atoms with E-state index in [4.69, 9.17) is 20.4 Å². The number of aromatic amines is 1. The Morgan fingerprint density at radius 1 is 1.24 bits per heavy atom. The Morgan fingerprint density at radius 2 is 2.15 bits per heavy atom. The Morgan fingerprint density at radius 3 is 2.94 bits per heavy atom. The van der Waals surface area contributed by atoms with Crippen LogP contribution in [0, 0.1) is 0 Å². The summed E-state index contributed by atoms with van der Waals surface area (Å²) in [4.78, 5) is 21.3. The molecule has 5 aromatic heterocycles. The molecule has 0 bridgehead atoms. The molecule has 1 aliphatic heterocycles. The lowest BCUT2D eigenvalue weighted by molar-refractivity contribution is 0.0987. The van der Waals surface area contributed by atoms with Crippen molar-refractivity contribution in [2.45, 2.75) is 19.5 Å². The number of pyridine rings is 1. The van der Waals surface area contributed by atoms with Gasteiger partial charge in [-0.25, -0.2) is 15.0 Å². The van der Waals surface area contributed by atoms with Crippen molar-refractivity contribution in [1.29, 1.82) is 0 Å². The van der Waals surface area contributed by atoms with Gasteiger partial charge in [-0.05, 0) is 25.1 Å². The van der Waals surface area contributed by atoms with Crippen LogP contribution >= 0.6 is 11.3 Å². The molecule has 6 heterocycles. The Labute approximate surface area is 194 Å². The first-order valence-corrected chi connectivity index (χ1v) is 11.8. The Kier molecular flexibility index (Phi) is 4.86. The van der Waals surface area contributed by atoms with Crippen molar-refractivity contribution in [3.63, 3.8) is 0 Å². The van der Waals surface area contributed by atoms with E-state index >= 15 is 0 Å². The predicted molar refractivity (Wildman–Crippen MR) is 130 cm³/mol. The van der Waals surface area contributed by atoms with E-state index in [1.165, 1.54) is 0 Å². The van der Waals surface area contributed by atoms with Gasteiger partial charge >= 0.3 is 0 Å². The molecule has 1 atom stereocenters. The van der Waals surface area contributed by atoms with Gasteiger partial charge in [-0.3, -0.25) is 4.68 Å². The molecule has 0 aromatic carbocycles. The number of anilines is 1. The molecule has 0 unspecified atom stereocenters. The fourth-order valence-electron chi connectivity index (χ4n) is 4.55. The van der Waals surface area contributed by atoms with Gasteiger partial charge in [0.15, 0.2) is 11.6 Å². The van der Waals surface area contributed by atoms with Gasteiger partial charge in [0.2, 0.25) is 0 Å². The average Bonchev–Trinajstić information content (AvgIpc) is 3.56. The van der Waals surface area contributed by atoms with Crippen LogP contribution in [0.5, 0.6) is 0 Å². The van der Waals surface area contributed by atoms with E-state index in [0.29, 0.717) is 25.6 Å². The van der Waals surface area contributed by atoms with Crippen molar-refractivity contribution in [1.82, 2.24) is 29.7 Å². The first-order chi connectivity index (χ1) is 16.2. The monoisotopic (exact) mass is 460 g/mol. The van der Waals surface area contributed by atoms with Gasteiger partial charge in [-0.15, -0.1) is 11.3 Å². The quantitative estimate of drug-likeness (QED) is 0.423. The lowest BCUT2D eigenvalue weighted by Gasteiger charge is -2.34. The van der Waals surface area contributed by atoms with Crippen LogP contribution in [0.25, 0.3) is 43.9 Å². The number of fused-ring (bicyclic) bond motifs is 2. The third-order valence-electron chi connectivity index (χ3n) is 6.19. The van der Waals surface area contributed by atoms with Crippen molar-refractivity contribution in [3.05, 3.63) is 41.7 Å². The number of thiophene rings is 1. The second kappa shape index (κ2) is 7.91. The Balaban J connectivity index is 1.68. The van der Waals surface area contributed by atoms with Gasteiger partial charge < -0.3 is 20.4 Å². The normalized spacial score (nSPS) is 16.8. The van der Waals surface area contributed by atoms with Crippen molar-refractivity contribution in [3.8, 4) is 22.6 Å². The third kappa shape index (κ3) is 3.21. The standard InChI is InChI=1S/C23H24N8OS/c1-13-12-32-10-9-31(13)23-20-19(18(17(11-24)33-20)16-5-8-27-30(16)2)28-22(29-23)15-4-7-26-21-14(15)3-6-25-21/h3-8,13H,9-12,24H2,1-2H3,(H,25,26)/t13-/m1/s1. The Bertz CT molecular complexity index is 1470. The van der Waals surface area contributed by atoms with Gasteiger partial charge in [0.1, 0.15) is 5.65 Å². The summed E-state index contributed by atoms with van der Waals surface area (Å²) in [6.07, 6.45) is 5.49. The summed E-state index contributed by atoms with van der Waals surface area (Å²) in [5.74, 6) is 1.60. The largest absolute Gasteiger partial charge is 0.377 e. The van der Waals surface area contributed by atoms with Crippen molar-refractivity contribution < 1.29 is 4.74 Å². The van der Waals surface area contributed by atoms with Gasteiger partial charge in [0.05, 0.1) is 35.2 Å². The SMILES string of the molecule is C[C@@H]1COCCN1c1nc(-c2ccnc3[nH]ccc23)nc2c(-c3ccnn3C)c(CN)sc12. The molecule has 0 aliphatic carbocycles. The van der Waals surface area contributed by atoms with Gasteiger partial charge in [-0.2, -0.15) is 5.10 Å². The maximum atomic E-state index is 6.22. The van der Waals surface area contributed by atoms with E-state index in [1.807, 2.05) is 36.1 Å². The number of ether oxygens (including phenoxy) is 1. The zero-order valence-corrected chi connectivity index (χ0v) is 19.3. The number of hydrogen-bond donors (Lipinski definition) is 2. The number of nitrogens with zero attached hydrogens (tertiary/aromatic N) is 6. The zero-order valence-electron chi connectivity index (χ0n) is 18.4. The molecule has 0 spiro atoms. The zero-order chi connectivity index (χ0) is 22.5. The van der Waals surface area contributed by atoms with Gasteiger partial charge in [-0.1, -0.05) is 0 Å². The van der Waals surface area contributed by atoms with Gasteiger partial charge in [0, 0.05) is 60.1 Å². The van der Waals surface area contributed by atoms with Crippen LogP contribution < -0.4 is 10.6 Å². The number of rotatable bonds is 4. The lowest BCUT2D eigenvalue weighted by atomic mass is 10.1. The molecule has 6 rings (SSSR count). The lowest BCUT2D eigenvalue weighted by Crippen LogP contribution is -2.44. The molecule has 10 heteroatoms. The fourth-order valence-corrected chi connectivity index (χ4v) is 5.68. The number of aromatic nitrogens is 6. The third-order valence-corrected chi connectivity index (χ3v) is 7.39. The van der Waals surface area contributed by atoms with E-state index in [2.05, 4.69) is 26.9 Å². The highest BCUT2D eigenvalue weighted by Gasteiger charge is 2.28. The highest BCUT2D eigenvalue weighted by Crippen LogP contribution is 2.43. The topological polar surface area (TPSA) is 111 Å². The molecule has 1 aliphatic rings. The molecular weight excluding hydrogens is 436 g/mol. The average molecular weight is 461 g/mol.